The summed E-state index contributed by atoms with van der Waals surface area (Å²) >= 11 is 0. The summed E-state index contributed by atoms with van der Waals surface area (Å²) in [5, 5.41) is 0. The summed E-state index contributed by atoms with van der Waals surface area (Å²) in [4.78, 5) is 18.4. The van der Waals surface area contributed by atoms with Gasteiger partial charge in [-0.1, -0.05) is 43.2 Å². The van der Waals surface area contributed by atoms with Gasteiger partial charge in [0.1, 0.15) is 5.82 Å². The van der Waals surface area contributed by atoms with E-state index in [1.54, 1.807) is 6.20 Å². The highest BCUT2D eigenvalue weighted by molar-refractivity contribution is 5.71. The van der Waals surface area contributed by atoms with Crippen LogP contribution in [-0.4, -0.2) is 16.3 Å². The van der Waals surface area contributed by atoms with Gasteiger partial charge in [0.15, 0.2) is 6.29 Å². The van der Waals surface area contributed by atoms with Crippen molar-refractivity contribution < 1.29 is 4.79 Å². The van der Waals surface area contributed by atoms with Crippen molar-refractivity contribution in [2.45, 2.75) is 31.1 Å². The third kappa shape index (κ3) is 1.67. The summed E-state index contributed by atoms with van der Waals surface area (Å²) < 4.78 is 0. The molecule has 1 aliphatic carbocycles. The molecule has 1 fully saturated rings. The Balaban J connectivity index is 2.09. The van der Waals surface area contributed by atoms with Crippen LogP contribution in [0.15, 0.2) is 36.5 Å². The molecule has 1 aromatic heterocycles. The van der Waals surface area contributed by atoms with Gasteiger partial charge in [0.25, 0.3) is 0 Å². The molecule has 0 bridgehead atoms. The van der Waals surface area contributed by atoms with E-state index in [9.17, 15) is 4.79 Å². The van der Waals surface area contributed by atoms with E-state index in [4.69, 9.17) is 0 Å². The number of carbonyl (C=O) groups excluding carboxylic acids is 1. The van der Waals surface area contributed by atoms with Crippen molar-refractivity contribution in [2.75, 3.05) is 0 Å². The molecule has 0 radical (unpaired) electrons. The van der Waals surface area contributed by atoms with Gasteiger partial charge in [-0.3, -0.25) is 4.79 Å². The first-order chi connectivity index (χ1) is 8.85. The largest absolute Gasteiger partial charge is 0.339 e. The molecule has 3 nitrogen and oxygen atoms in total. The third-order valence-electron chi connectivity index (χ3n) is 3.96. The molecule has 0 saturated heterocycles. The Bertz CT molecular complexity index is 539. The Morgan fingerprint density at radius 3 is 2.50 bits per heavy atom. The van der Waals surface area contributed by atoms with E-state index in [0.717, 1.165) is 25.0 Å². The van der Waals surface area contributed by atoms with Crippen molar-refractivity contribution in [1.82, 2.24) is 9.97 Å². The summed E-state index contributed by atoms with van der Waals surface area (Å²) in [6.07, 6.45) is 7.08. The van der Waals surface area contributed by atoms with Gasteiger partial charge in [0.05, 0.1) is 17.3 Å². The molecule has 2 aromatic rings. The molecule has 3 heteroatoms. The van der Waals surface area contributed by atoms with Crippen molar-refractivity contribution in [2.24, 2.45) is 0 Å². The lowest BCUT2D eigenvalue weighted by molar-refractivity contribution is 0.111. The van der Waals surface area contributed by atoms with E-state index >= 15 is 0 Å². The molecule has 1 aliphatic rings. The number of nitrogens with zero attached hydrogens (tertiary/aromatic N) is 1. The fourth-order valence-corrected chi connectivity index (χ4v) is 3.04. The van der Waals surface area contributed by atoms with Gasteiger partial charge in [-0.15, -0.1) is 0 Å². The number of aromatic amines is 1. The highest BCUT2D eigenvalue weighted by atomic mass is 16.1. The smallest absolute Gasteiger partial charge is 0.167 e. The summed E-state index contributed by atoms with van der Waals surface area (Å²) in [5.74, 6) is 0.938. The molecule has 0 aliphatic heterocycles. The van der Waals surface area contributed by atoms with Crippen LogP contribution in [0.4, 0.5) is 0 Å². The maximum Gasteiger partial charge on any atom is 0.167 e. The minimum absolute atomic E-state index is 0.0253. The summed E-state index contributed by atoms with van der Waals surface area (Å²) in [7, 11) is 0. The molecule has 0 unspecified atom stereocenters. The van der Waals surface area contributed by atoms with Crippen LogP contribution in [0.25, 0.3) is 0 Å². The highest BCUT2D eigenvalue weighted by Crippen LogP contribution is 2.44. The molecule has 0 atom stereocenters. The van der Waals surface area contributed by atoms with Crippen LogP contribution in [0.3, 0.4) is 0 Å². The topological polar surface area (TPSA) is 45.8 Å². The minimum Gasteiger partial charge on any atom is -0.339 e. The minimum atomic E-state index is -0.0253. The second-order valence-corrected chi connectivity index (χ2v) is 4.96. The van der Waals surface area contributed by atoms with Gasteiger partial charge < -0.3 is 4.98 Å². The van der Waals surface area contributed by atoms with Crippen molar-refractivity contribution in [3.05, 3.63) is 53.6 Å². The molecule has 92 valence electrons. The SMILES string of the molecule is O=Cc1cnc(C2(c3ccccc3)CCCC2)[nH]1. The van der Waals surface area contributed by atoms with Gasteiger partial charge >= 0.3 is 0 Å². The number of nitrogens with one attached hydrogen (secondary N) is 1. The van der Waals surface area contributed by atoms with Gasteiger partial charge in [-0.05, 0) is 18.4 Å². The summed E-state index contributed by atoms with van der Waals surface area (Å²) in [5.41, 5.74) is 1.84. The average Bonchev–Trinajstić information content (AvgIpc) is 3.09. The van der Waals surface area contributed by atoms with Crippen LogP contribution in [0.2, 0.25) is 0 Å². The van der Waals surface area contributed by atoms with E-state index < -0.39 is 0 Å². The zero-order valence-electron chi connectivity index (χ0n) is 10.2. The number of hydrogen-bond donors (Lipinski definition) is 1. The Hall–Kier alpha value is -1.90. The molecule has 1 heterocycles. The molecule has 18 heavy (non-hydrogen) atoms. The Morgan fingerprint density at radius 1 is 1.17 bits per heavy atom. The number of benzene rings is 1. The van der Waals surface area contributed by atoms with Crippen molar-refractivity contribution in [3.8, 4) is 0 Å². The quantitative estimate of drug-likeness (QED) is 0.838. The number of aldehydes is 1. The standard InChI is InChI=1S/C15H16N2O/c18-11-13-10-16-14(17-13)15(8-4-5-9-15)12-6-2-1-3-7-12/h1-3,6-7,10-11H,4-5,8-9H2,(H,16,17). The van der Waals surface area contributed by atoms with Crippen LogP contribution in [0, 0.1) is 0 Å². The Labute approximate surface area is 106 Å². The number of carbonyl (C=O) groups is 1. The van der Waals surface area contributed by atoms with Crippen LogP contribution in [-0.2, 0) is 5.41 Å². The second kappa shape index (κ2) is 4.41. The molecule has 0 amide bonds. The van der Waals surface area contributed by atoms with E-state index in [-0.39, 0.29) is 5.41 Å². The lowest BCUT2D eigenvalue weighted by Gasteiger charge is -2.27. The van der Waals surface area contributed by atoms with Crippen molar-refractivity contribution in [3.63, 3.8) is 0 Å². The van der Waals surface area contributed by atoms with Gasteiger partial charge in [0.2, 0.25) is 0 Å². The second-order valence-electron chi connectivity index (χ2n) is 4.96. The molecule has 3 rings (SSSR count). The lowest BCUT2D eigenvalue weighted by Crippen LogP contribution is -2.25. The first-order valence-electron chi connectivity index (χ1n) is 6.41. The first-order valence-corrected chi connectivity index (χ1v) is 6.41. The normalized spacial score (nSPS) is 17.8. The molecule has 1 saturated carbocycles. The van der Waals surface area contributed by atoms with Crippen molar-refractivity contribution >= 4 is 6.29 Å². The Morgan fingerprint density at radius 2 is 1.89 bits per heavy atom. The lowest BCUT2D eigenvalue weighted by atomic mass is 9.78. The van der Waals surface area contributed by atoms with Crippen LogP contribution in [0.5, 0.6) is 0 Å². The predicted octanol–water partition coefficient (Wildman–Crippen LogP) is 3.08. The van der Waals surface area contributed by atoms with Gasteiger partial charge in [0, 0.05) is 0 Å². The number of aromatic nitrogens is 2. The first kappa shape index (κ1) is 11.2. The number of rotatable bonds is 3. The van der Waals surface area contributed by atoms with E-state index in [1.807, 2.05) is 6.07 Å². The van der Waals surface area contributed by atoms with Crippen LogP contribution in [0.1, 0.15) is 47.6 Å². The van der Waals surface area contributed by atoms with Crippen LogP contribution >= 0.6 is 0 Å². The maximum atomic E-state index is 10.8. The molecule has 1 N–H and O–H groups in total. The summed E-state index contributed by atoms with van der Waals surface area (Å²) in [6, 6.07) is 10.5. The molecular formula is C15H16N2O. The molecule has 1 aromatic carbocycles. The fraction of sp³-hybridized carbons (Fsp3) is 0.333. The average molecular weight is 240 g/mol. The van der Waals surface area contributed by atoms with E-state index in [1.165, 1.54) is 18.4 Å². The van der Waals surface area contributed by atoms with Crippen molar-refractivity contribution in [1.29, 1.82) is 0 Å². The van der Waals surface area contributed by atoms with Gasteiger partial charge in [-0.2, -0.15) is 0 Å². The zero-order valence-corrected chi connectivity index (χ0v) is 10.2. The Kier molecular flexibility index (Phi) is 2.74. The maximum absolute atomic E-state index is 10.8. The van der Waals surface area contributed by atoms with E-state index in [2.05, 4.69) is 34.2 Å². The van der Waals surface area contributed by atoms with Crippen LogP contribution < -0.4 is 0 Å². The molecular weight excluding hydrogens is 224 g/mol. The highest BCUT2D eigenvalue weighted by Gasteiger charge is 2.39. The fourth-order valence-electron chi connectivity index (χ4n) is 3.04. The summed E-state index contributed by atoms with van der Waals surface area (Å²) in [6.45, 7) is 0. The zero-order chi connectivity index (χ0) is 12.4. The number of imidazole rings is 1. The van der Waals surface area contributed by atoms with Gasteiger partial charge in [-0.25, -0.2) is 4.98 Å². The predicted molar refractivity (Wildman–Crippen MR) is 69.7 cm³/mol. The number of H-pyrrole nitrogens is 1. The molecule has 0 spiro atoms. The number of hydrogen-bond acceptors (Lipinski definition) is 2. The monoisotopic (exact) mass is 240 g/mol. The van der Waals surface area contributed by atoms with E-state index in [0.29, 0.717) is 5.69 Å². The third-order valence-corrected chi connectivity index (χ3v) is 3.96.